The second-order valence-electron chi connectivity index (χ2n) is 5.14. The first kappa shape index (κ1) is 14.5. The predicted octanol–water partition coefficient (Wildman–Crippen LogP) is 1.42. The van der Waals surface area contributed by atoms with Gasteiger partial charge in [-0.2, -0.15) is 0 Å². The first-order valence-electron chi connectivity index (χ1n) is 6.55. The highest BCUT2D eigenvalue weighted by atomic mass is 16.5. The molecule has 1 rings (SSSR count). The van der Waals surface area contributed by atoms with Crippen LogP contribution < -0.4 is 0 Å². The molecule has 0 heterocycles. The Morgan fingerprint density at radius 3 is 2.71 bits per heavy atom. The zero-order valence-corrected chi connectivity index (χ0v) is 11.0. The second-order valence-corrected chi connectivity index (χ2v) is 5.14. The number of esters is 1. The van der Waals surface area contributed by atoms with Gasteiger partial charge in [-0.05, 0) is 32.2 Å². The van der Waals surface area contributed by atoms with Crippen LogP contribution >= 0.6 is 0 Å². The van der Waals surface area contributed by atoms with Crippen molar-refractivity contribution in [3.8, 4) is 0 Å². The fourth-order valence-corrected chi connectivity index (χ4v) is 2.55. The van der Waals surface area contributed by atoms with Crippen molar-refractivity contribution in [2.75, 3.05) is 27.2 Å². The minimum Gasteiger partial charge on any atom is -0.469 e. The number of hydrogen-bond donors (Lipinski definition) is 1. The molecule has 0 bridgehead atoms. The second kappa shape index (κ2) is 7.67. The van der Waals surface area contributed by atoms with Gasteiger partial charge in [0.05, 0.1) is 13.2 Å². The normalized spacial score (nSPS) is 18.6. The number of carbonyl (C=O) groups is 1. The van der Waals surface area contributed by atoms with E-state index in [0.29, 0.717) is 19.4 Å². The van der Waals surface area contributed by atoms with Gasteiger partial charge >= 0.3 is 5.97 Å². The number of aliphatic hydroxyl groups excluding tert-OH is 1. The molecule has 1 aliphatic carbocycles. The van der Waals surface area contributed by atoms with E-state index in [1.54, 1.807) is 0 Å². The molecule has 0 aliphatic heterocycles. The quantitative estimate of drug-likeness (QED) is 0.687. The fraction of sp³-hybridized carbons (Fsp3) is 0.923. The van der Waals surface area contributed by atoms with Crippen molar-refractivity contribution < 1.29 is 14.6 Å². The third kappa shape index (κ3) is 6.03. The van der Waals surface area contributed by atoms with E-state index < -0.39 is 6.10 Å². The molecule has 0 aromatic rings. The monoisotopic (exact) mass is 243 g/mol. The lowest BCUT2D eigenvalue weighted by molar-refractivity contribution is -0.141. The molecule has 0 spiro atoms. The van der Waals surface area contributed by atoms with Crippen molar-refractivity contribution in [3.63, 3.8) is 0 Å². The van der Waals surface area contributed by atoms with Crippen molar-refractivity contribution >= 4 is 5.97 Å². The Morgan fingerprint density at radius 1 is 1.47 bits per heavy atom. The number of ether oxygens (including phenoxy) is 1. The molecule has 4 heteroatoms. The van der Waals surface area contributed by atoms with Gasteiger partial charge in [-0.25, -0.2) is 0 Å². The van der Waals surface area contributed by atoms with Gasteiger partial charge in [0.2, 0.25) is 0 Å². The van der Waals surface area contributed by atoms with Gasteiger partial charge in [-0.1, -0.05) is 12.8 Å². The van der Waals surface area contributed by atoms with Crippen molar-refractivity contribution in [1.82, 2.24) is 4.90 Å². The van der Waals surface area contributed by atoms with Gasteiger partial charge in [-0.15, -0.1) is 0 Å². The Balaban J connectivity index is 2.11. The summed E-state index contributed by atoms with van der Waals surface area (Å²) in [5.41, 5.74) is 0. The average Bonchev–Trinajstić information content (AvgIpc) is 2.78. The molecule has 1 saturated carbocycles. The highest BCUT2D eigenvalue weighted by molar-refractivity contribution is 5.69. The summed E-state index contributed by atoms with van der Waals surface area (Å²) in [6.07, 6.45) is 5.70. The third-order valence-electron chi connectivity index (χ3n) is 3.48. The molecule has 1 fully saturated rings. The van der Waals surface area contributed by atoms with Crippen LogP contribution in [0, 0.1) is 5.92 Å². The van der Waals surface area contributed by atoms with Crippen LogP contribution in [0.5, 0.6) is 0 Å². The van der Waals surface area contributed by atoms with Gasteiger partial charge in [-0.3, -0.25) is 4.79 Å². The van der Waals surface area contributed by atoms with Crippen LogP contribution in [-0.4, -0.2) is 49.3 Å². The maximum Gasteiger partial charge on any atom is 0.305 e. The Hall–Kier alpha value is -0.610. The summed E-state index contributed by atoms with van der Waals surface area (Å²) < 4.78 is 4.55. The lowest BCUT2D eigenvalue weighted by Gasteiger charge is -2.23. The number of rotatable bonds is 7. The summed E-state index contributed by atoms with van der Waals surface area (Å²) in [6.45, 7) is 1.71. The van der Waals surface area contributed by atoms with Crippen LogP contribution in [0.4, 0.5) is 0 Å². The molecular weight excluding hydrogens is 218 g/mol. The minimum absolute atomic E-state index is 0.248. The van der Waals surface area contributed by atoms with E-state index in [2.05, 4.69) is 9.64 Å². The Labute approximate surface area is 104 Å². The van der Waals surface area contributed by atoms with Crippen LogP contribution in [0.15, 0.2) is 0 Å². The molecule has 1 atom stereocenters. The lowest BCUT2D eigenvalue weighted by Crippen LogP contribution is -2.32. The van der Waals surface area contributed by atoms with Crippen molar-refractivity contribution in [3.05, 3.63) is 0 Å². The van der Waals surface area contributed by atoms with Crippen LogP contribution in [0.2, 0.25) is 0 Å². The van der Waals surface area contributed by atoms with E-state index in [4.69, 9.17) is 0 Å². The summed E-state index contributed by atoms with van der Waals surface area (Å²) >= 11 is 0. The molecule has 0 aromatic carbocycles. The number of carbonyl (C=O) groups excluding carboxylic acids is 1. The average molecular weight is 243 g/mol. The predicted molar refractivity (Wildman–Crippen MR) is 66.7 cm³/mol. The first-order chi connectivity index (χ1) is 8.11. The Kier molecular flexibility index (Phi) is 6.52. The molecular formula is C13H25NO3. The molecule has 100 valence electrons. The lowest BCUT2D eigenvalue weighted by atomic mass is 10.1. The summed E-state index contributed by atoms with van der Waals surface area (Å²) in [4.78, 5) is 13.1. The molecule has 1 unspecified atom stereocenters. The summed E-state index contributed by atoms with van der Waals surface area (Å²) in [7, 11) is 3.42. The topological polar surface area (TPSA) is 49.8 Å². The standard InChI is InChI=1S/C13H25NO3/c1-14(9-11-5-3-4-6-11)10-12(15)7-8-13(16)17-2/h11-12,15H,3-10H2,1-2H3. The smallest absolute Gasteiger partial charge is 0.305 e. The van der Waals surface area contributed by atoms with Crippen LogP contribution in [-0.2, 0) is 9.53 Å². The molecule has 0 aromatic heterocycles. The Morgan fingerprint density at radius 2 is 2.12 bits per heavy atom. The molecule has 0 radical (unpaired) electrons. The maximum absolute atomic E-state index is 10.9. The van der Waals surface area contributed by atoms with E-state index in [0.717, 1.165) is 12.5 Å². The molecule has 4 nitrogen and oxygen atoms in total. The maximum atomic E-state index is 10.9. The van der Waals surface area contributed by atoms with Crippen molar-refractivity contribution in [2.45, 2.75) is 44.6 Å². The van der Waals surface area contributed by atoms with Gasteiger partial charge in [0.15, 0.2) is 0 Å². The highest BCUT2D eigenvalue weighted by Crippen LogP contribution is 2.25. The van der Waals surface area contributed by atoms with Crippen molar-refractivity contribution in [2.24, 2.45) is 5.92 Å². The number of hydrogen-bond acceptors (Lipinski definition) is 4. The van der Waals surface area contributed by atoms with Gasteiger partial charge in [0, 0.05) is 19.5 Å². The zero-order valence-electron chi connectivity index (χ0n) is 11.0. The fourth-order valence-electron chi connectivity index (χ4n) is 2.55. The van der Waals surface area contributed by atoms with E-state index in [9.17, 15) is 9.90 Å². The Bertz CT molecular complexity index is 227. The molecule has 0 saturated heterocycles. The molecule has 1 aliphatic rings. The van der Waals surface area contributed by atoms with Gasteiger partial charge in [0.1, 0.15) is 0 Å². The molecule has 0 amide bonds. The zero-order chi connectivity index (χ0) is 12.7. The van der Waals surface area contributed by atoms with Crippen molar-refractivity contribution in [1.29, 1.82) is 0 Å². The summed E-state index contributed by atoms with van der Waals surface area (Å²) in [5.74, 6) is 0.551. The van der Waals surface area contributed by atoms with Gasteiger partial charge in [0.25, 0.3) is 0 Å². The van der Waals surface area contributed by atoms with Crippen LogP contribution in [0.3, 0.4) is 0 Å². The SMILES string of the molecule is COC(=O)CCC(O)CN(C)CC1CCCC1. The first-order valence-corrected chi connectivity index (χ1v) is 6.55. The third-order valence-corrected chi connectivity index (χ3v) is 3.48. The van der Waals surface area contributed by atoms with E-state index in [1.807, 2.05) is 7.05 Å². The van der Waals surface area contributed by atoms with E-state index in [1.165, 1.54) is 32.8 Å². The largest absolute Gasteiger partial charge is 0.469 e. The van der Waals surface area contributed by atoms with Gasteiger partial charge < -0.3 is 14.7 Å². The number of nitrogens with zero attached hydrogens (tertiary/aromatic N) is 1. The summed E-state index contributed by atoms with van der Waals surface area (Å²) in [6, 6.07) is 0. The van der Waals surface area contributed by atoms with E-state index in [-0.39, 0.29) is 5.97 Å². The van der Waals surface area contributed by atoms with E-state index >= 15 is 0 Å². The highest BCUT2D eigenvalue weighted by Gasteiger charge is 2.18. The minimum atomic E-state index is -0.430. The van der Waals surface area contributed by atoms with Crippen LogP contribution in [0.1, 0.15) is 38.5 Å². The summed E-state index contributed by atoms with van der Waals surface area (Å²) in [5, 5.41) is 9.79. The molecule has 1 N–H and O–H groups in total. The molecule has 17 heavy (non-hydrogen) atoms. The van der Waals surface area contributed by atoms with Crippen LogP contribution in [0.25, 0.3) is 0 Å². The number of likely N-dealkylation sites (N-methyl/N-ethyl adjacent to an activating group) is 1. The number of aliphatic hydroxyl groups is 1. The number of methoxy groups -OCH3 is 1.